The minimum Gasteiger partial charge on any atom is -0.443 e. The van der Waals surface area contributed by atoms with Crippen molar-refractivity contribution < 1.29 is 13.9 Å². The number of benzene rings is 2. The van der Waals surface area contributed by atoms with Gasteiger partial charge in [0.25, 0.3) is 0 Å². The second-order valence-electron chi connectivity index (χ2n) is 7.40. The number of rotatable bonds is 3. The number of hydrogen-bond donors (Lipinski definition) is 1. The number of fused-ring (bicyclic) bond motifs is 2. The molecule has 0 aromatic heterocycles. The lowest BCUT2D eigenvalue weighted by atomic mass is 9.52. The smallest absolute Gasteiger partial charge is 0.244 e. The average Bonchev–Trinajstić information content (AvgIpc) is 2.99. The molecule has 0 radical (unpaired) electrons. The molecule has 2 fully saturated rings. The van der Waals surface area contributed by atoms with E-state index in [0.717, 1.165) is 0 Å². The van der Waals surface area contributed by atoms with Gasteiger partial charge >= 0.3 is 0 Å². The van der Waals surface area contributed by atoms with Crippen LogP contribution in [-0.2, 0) is 15.3 Å². The van der Waals surface area contributed by atoms with Crippen LogP contribution in [0.3, 0.4) is 0 Å². The van der Waals surface area contributed by atoms with Gasteiger partial charge in [0.2, 0.25) is 17.1 Å². The van der Waals surface area contributed by atoms with Crippen LogP contribution < -0.4 is 0 Å². The molecule has 1 N–H and O–H groups in total. The van der Waals surface area contributed by atoms with Gasteiger partial charge in [-0.3, -0.25) is 5.41 Å². The Morgan fingerprint density at radius 3 is 2.20 bits per heavy atom. The summed E-state index contributed by atoms with van der Waals surface area (Å²) >= 11 is 0. The second-order valence-corrected chi connectivity index (χ2v) is 7.40. The summed E-state index contributed by atoms with van der Waals surface area (Å²) in [5.74, 6) is -3.61. The quantitative estimate of drug-likeness (QED) is 0.824. The van der Waals surface area contributed by atoms with Crippen LogP contribution in [0.25, 0.3) is 0 Å². The molecule has 2 aliphatic heterocycles. The fourth-order valence-electron chi connectivity index (χ4n) is 4.87. The predicted molar refractivity (Wildman–Crippen MR) is 103 cm³/mol. The molecule has 0 saturated carbocycles. The van der Waals surface area contributed by atoms with Crippen molar-refractivity contribution >= 4 is 5.90 Å². The summed E-state index contributed by atoms with van der Waals surface area (Å²) < 4.78 is 27.1. The van der Waals surface area contributed by atoms with E-state index in [1.54, 1.807) is 43.3 Å². The zero-order valence-electron chi connectivity index (χ0n) is 16.1. The fraction of sp³-hybridized carbons (Fsp3) is 0.304. The molecule has 4 atom stereocenters. The van der Waals surface area contributed by atoms with E-state index in [9.17, 15) is 20.2 Å². The van der Waals surface area contributed by atoms with Gasteiger partial charge in [-0.25, -0.2) is 4.39 Å². The largest absolute Gasteiger partial charge is 0.443 e. The van der Waals surface area contributed by atoms with Crippen LogP contribution in [0.1, 0.15) is 30.6 Å². The summed E-state index contributed by atoms with van der Waals surface area (Å²) in [5.41, 5.74) is -3.62. The first kappa shape index (κ1) is 19.6. The van der Waals surface area contributed by atoms with Crippen molar-refractivity contribution in [2.24, 2.45) is 16.7 Å². The molecule has 7 heteroatoms. The van der Waals surface area contributed by atoms with E-state index >= 15 is 0 Å². The Bertz CT molecular complexity index is 1130. The zero-order valence-corrected chi connectivity index (χ0v) is 16.1. The van der Waals surface area contributed by atoms with Crippen molar-refractivity contribution in [1.82, 2.24) is 0 Å². The Morgan fingerprint density at radius 2 is 1.63 bits per heavy atom. The summed E-state index contributed by atoms with van der Waals surface area (Å²) in [6.45, 7) is 1.78. The molecule has 2 bridgehead atoms. The molecule has 2 aromatic carbocycles. The van der Waals surface area contributed by atoms with E-state index in [-0.39, 0.29) is 5.56 Å². The van der Waals surface area contributed by atoms with Gasteiger partial charge in [0.05, 0.1) is 24.1 Å². The minimum absolute atomic E-state index is 0.0339. The number of ether oxygens (including phenoxy) is 2. The van der Waals surface area contributed by atoms with E-state index in [2.05, 4.69) is 6.07 Å². The van der Waals surface area contributed by atoms with Crippen LogP contribution >= 0.6 is 0 Å². The van der Waals surface area contributed by atoms with Gasteiger partial charge in [0.15, 0.2) is 5.41 Å². The maximum atomic E-state index is 14.8. The van der Waals surface area contributed by atoms with Crippen molar-refractivity contribution in [3.63, 3.8) is 0 Å². The molecule has 148 valence electrons. The summed E-state index contributed by atoms with van der Waals surface area (Å²) in [5, 5.41) is 39.3. The third kappa shape index (κ3) is 2.09. The van der Waals surface area contributed by atoms with Crippen molar-refractivity contribution in [3.8, 4) is 18.2 Å². The van der Waals surface area contributed by atoms with E-state index in [0.29, 0.717) is 12.0 Å². The lowest BCUT2D eigenvalue weighted by molar-refractivity contribution is -0.293. The topological polar surface area (TPSA) is 114 Å². The predicted octanol–water partition coefficient (Wildman–Crippen LogP) is 4.33. The SMILES string of the molecule is CCC1C2(c3ccccc3)OC(=N)C1(C#N)C(C#N)(C#N)C(c1ccccc1F)O2. The molecule has 6 nitrogen and oxygen atoms in total. The lowest BCUT2D eigenvalue weighted by Crippen LogP contribution is -2.58. The minimum atomic E-state index is -2.18. The van der Waals surface area contributed by atoms with Gasteiger partial charge in [-0.2, -0.15) is 15.8 Å². The van der Waals surface area contributed by atoms with Crippen molar-refractivity contribution in [2.45, 2.75) is 25.2 Å². The number of nitriles is 3. The van der Waals surface area contributed by atoms with Gasteiger partial charge in [-0.15, -0.1) is 0 Å². The second kappa shape index (κ2) is 6.66. The molecule has 4 rings (SSSR count). The maximum absolute atomic E-state index is 14.8. The highest BCUT2D eigenvalue weighted by Crippen LogP contribution is 2.69. The number of nitrogens with zero attached hydrogens (tertiary/aromatic N) is 3. The van der Waals surface area contributed by atoms with Crippen LogP contribution in [0.5, 0.6) is 0 Å². The molecule has 0 amide bonds. The third-order valence-electron chi connectivity index (χ3n) is 6.20. The van der Waals surface area contributed by atoms with Crippen molar-refractivity contribution in [2.75, 3.05) is 0 Å². The molecule has 2 saturated heterocycles. The van der Waals surface area contributed by atoms with Gasteiger partial charge in [0, 0.05) is 11.1 Å². The van der Waals surface area contributed by atoms with E-state index in [4.69, 9.17) is 14.9 Å². The highest BCUT2D eigenvalue weighted by Gasteiger charge is 2.80. The molecular weight excluding hydrogens is 383 g/mol. The van der Waals surface area contributed by atoms with Gasteiger partial charge in [-0.1, -0.05) is 55.5 Å². The monoisotopic (exact) mass is 400 g/mol. The fourth-order valence-corrected chi connectivity index (χ4v) is 4.87. The molecule has 2 aromatic rings. The van der Waals surface area contributed by atoms with Crippen molar-refractivity contribution in [1.29, 1.82) is 21.2 Å². The van der Waals surface area contributed by atoms with Gasteiger partial charge in [-0.05, 0) is 12.5 Å². The van der Waals surface area contributed by atoms with Crippen molar-refractivity contribution in [3.05, 3.63) is 71.5 Å². The molecular formula is C23H17FN4O2. The number of halogens is 1. The normalized spacial score (nSPS) is 31.1. The summed E-state index contributed by atoms with van der Waals surface area (Å²) in [7, 11) is 0. The first-order chi connectivity index (χ1) is 14.5. The molecule has 2 heterocycles. The number of hydrogen-bond acceptors (Lipinski definition) is 6. The Kier molecular flexibility index (Phi) is 4.35. The van der Waals surface area contributed by atoms with Gasteiger partial charge in [0.1, 0.15) is 11.9 Å². The number of nitrogens with one attached hydrogen (secondary N) is 1. The van der Waals surface area contributed by atoms with Crippen LogP contribution in [0.15, 0.2) is 54.6 Å². The Hall–Kier alpha value is -3.73. The van der Waals surface area contributed by atoms with Gasteiger partial charge < -0.3 is 9.47 Å². The summed E-state index contributed by atoms with van der Waals surface area (Å²) in [4.78, 5) is 0. The van der Waals surface area contributed by atoms with Crippen LogP contribution in [0.4, 0.5) is 4.39 Å². The van der Waals surface area contributed by atoms with Crippen LogP contribution in [0, 0.1) is 62.0 Å². The summed E-state index contributed by atoms with van der Waals surface area (Å²) in [6, 6.07) is 20.4. The Labute approximate surface area is 173 Å². The molecule has 2 aliphatic rings. The maximum Gasteiger partial charge on any atom is 0.244 e. The van der Waals surface area contributed by atoms with Crippen LogP contribution in [0.2, 0.25) is 0 Å². The molecule has 0 spiro atoms. The standard InChI is InChI=1S/C23H17FN4O2/c1-2-18-22(14-27)20(28)30-23(18,15-8-4-3-5-9-15)29-19(21(22,12-25)13-26)16-10-6-7-11-17(16)24/h3-11,18-19,28H,2H2,1H3. The highest BCUT2D eigenvalue weighted by molar-refractivity contribution is 5.89. The molecule has 4 unspecified atom stereocenters. The first-order valence-electron chi connectivity index (χ1n) is 9.47. The van der Waals surface area contributed by atoms with E-state index in [1.165, 1.54) is 18.2 Å². The Morgan fingerprint density at radius 1 is 1.00 bits per heavy atom. The Balaban J connectivity index is 2.10. The van der Waals surface area contributed by atoms with E-state index in [1.807, 2.05) is 12.1 Å². The zero-order chi connectivity index (χ0) is 21.6. The lowest BCUT2D eigenvalue weighted by Gasteiger charge is -2.49. The average molecular weight is 400 g/mol. The van der Waals surface area contributed by atoms with E-state index < -0.39 is 40.4 Å². The summed E-state index contributed by atoms with van der Waals surface area (Å²) in [6.07, 6.45) is -1.15. The first-order valence-corrected chi connectivity index (χ1v) is 9.47. The molecule has 0 aliphatic carbocycles. The molecule has 30 heavy (non-hydrogen) atoms. The third-order valence-corrected chi connectivity index (χ3v) is 6.20. The van der Waals surface area contributed by atoms with Crippen LogP contribution in [-0.4, -0.2) is 5.90 Å². The highest BCUT2D eigenvalue weighted by atomic mass is 19.1.